The SMILES string of the molecule is C=CCN1CC(C)CN(C)C(CNC)C1=O. The van der Waals surface area contributed by atoms with Crippen LogP contribution in [0.5, 0.6) is 0 Å². The van der Waals surface area contributed by atoms with Gasteiger partial charge in [0.1, 0.15) is 6.04 Å². The monoisotopic (exact) mass is 225 g/mol. The Balaban J connectivity index is 2.81. The van der Waals surface area contributed by atoms with Gasteiger partial charge in [0.25, 0.3) is 0 Å². The minimum atomic E-state index is -0.0464. The van der Waals surface area contributed by atoms with Crippen LogP contribution >= 0.6 is 0 Å². The summed E-state index contributed by atoms with van der Waals surface area (Å²) in [6.45, 7) is 9.04. The molecule has 0 aromatic rings. The molecular weight excluding hydrogens is 202 g/mol. The largest absolute Gasteiger partial charge is 0.337 e. The summed E-state index contributed by atoms with van der Waals surface area (Å²) in [5.41, 5.74) is 0. The van der Waals surface area contributed by atoms with Crippen LogP contribution in [0.3, 0.4) is 0 Å². The Morgan fingerprint density at radius 3 is 2.81 bits per heavy atom. The highest BCUT2D eigenvalue weighted by atomic mass is 16.2. The van der Waals surface area contributed by atoms with Gasteiger partial charge in [0.05, 0.1) is 0 Å². The summed E-state index contributed by atoms with van der Waals surface area (Å²) in [7, 11) is 3.90. The molecule has 0 bridgehead atoms. The highest BCUT2D eigenvalue weighted by Gasteiger charge is 2.31. The fourth-order valence-electron chi connectivity index (χ4n) is 2.30. The van der Waals surface area contributed by atoms with Gasteiger partial charge in [-0.25, -0.2) is 0 Å². The molecule has 4 nitrogen and oxygen atoms in total. The molecule has 0 spiro atoms. The van der Waals surface area contributed by atoms with Crippen molar-refractivity contribution in [2.24, 2.45) is 5.92 Å². The van der Waals surface area contributed by atoms with Gasteiger partial charge < -0.3 is 10.2 Å². The molecule has 1 saturated heterocycles. The van der Waals surface area contributed by atoms with Gasteiger partial charge in [0.2, 0.25) is 5.91 Å². The predicted octanol–water partition coefficient (Wildman–Crippen LogP) is 0.171. The van der Waals surface area contributed by atoms with Crippen LogP contribution in [-0.2, 0) is 4.79 Å². The predicted molar refractivity (Wildman–Crippen MR) is 66.3 cm³/mol. The number of amides is 1. The third-order valence-corrected chi connectivity index (χ3v) is 3.01. The molecule has 1 aliphatic rings. The zero-order valence-electron chi connectivity index (χ0n) is 10.6. The number of hydrogen-bond acceptors (Lipinski definition) is 3. The minimum absolute atomic E-state index is 0.0464. The maximum atomic E-state index is 12.3. The van der Waals surface area contributed by atoms with Crippen molar-refractivity contribution in [3.8, 4) is 0 Å². The van der Waals surface area contributed by atoms with Gasteiger partial charge in [-0.1, -0.05) is 13.0 Å². The molecule has 0 saturated carbocycles. The van der Waals surface area contributed by atoms with Crippen LogP contribution in [0.25, 0.3) is 0 Å². The quantitative estimate of drug-likeness (QED) is 0.693. The molecule has 0 aromatic carbocycles. The Labute approximate surface area is 98.3 Å². The molecule has 1 rings (SSSR count). The lowest BCUT2D eigenvalue weighted by molar-refractivity contribution is -0.134. The average molecular weight is 225 g/mol. The van der Waals surface area contributed by atoms with E-state index in [9.17, 15) is 4.79 Å². The van der Waals surface area contributed by atoms with Gasteiger partial charge >= 0.3 is 0 Å². The highest BCUT2D eigenvalue weighted by Crippen LogP contribution is 2.13. The van der Waals surface area contributed by atoms with Crippen LogP contribution in [0.1, 0.15) is 6.92 Å². The maximum Gasteiger partial charge on any atom is 0.241 e. The van der Waals surface area contributed by atoms with E-state index in [1.165, 1.54) is 0 Å². The lowest BCUT2D eigenvalue weighted by Crippen LogP contribution is -2.49. The fourth-order valence-corrected chi connectivity index (χ4v) is 2.30. The van der Waals surface area contributed by atoms with Gasteiger partial charge in [-0.05, 0) is 20.0 Å². The van der Waals surface area contributed by atoms with Crippen LogP contribution in [-0.4, -0.2) is 62.0 Å². The fraction of sp³-hybridized carbons (Fsp3) is 0.750. The van der Waals surface area contributed by atoms with E-state index < -0.39 is 0 Å². The second kappa shape index (κ2) is 6.01. The Bertz CT molecular complexity index is 255. The number of nitrogens with one attached hydrogen (secondary N) is 1. The molecule has 92 valence electrons. The summed E-state index contributed by atoms with van der Waals surface area (Å²) in [4.78, 5) is 16.3. The van der Waals surface area contributed by atoms with Crippen LogP contribution < -0.4 is 5.32 Å². The number of carbonyl (C=O) groups excluding carboxylic acids is 1. The maximum absolute atomic E-state index is 12.3. The molecule has 1 aliphatic heterocycles. The van der Waals surface area contributed by atoms with Crippen LogP contribution in [0.15, 0.2) is 12.7 Å². The third-order valence-electron chi connectivity index (χ3n) is 3.01. The van der Waals surface area contributed by atoms with Crippen molar-refractivity contribution in [2.45, 2.75) is 13.0 Å². The molecule has 2 unspecified atom stereocenters. The smallest absolute Gasteiger partial charge is 0.241 e. The summed E-state index contributed by atoms with van der Waals surface area (Å²) in [6, 6.07) is -0.0464. The Morgan fingerprint density at radius 1 is 1.56 bits per heavy atom. The van der Waals surface area contributed by atoms with E-state index in [1.807, 2.05) is 19.0 Å². The van der Waals surface area contributed by atoms with Crippen molar-refractivity contribution in [3.05, 3.63) is 12.7 Å². The van der Waals surface area contributed by atoms with Crippen LogP contribution in [0.2, 0.25) is 0 Å². The third kappa shape index (κ3) is 3.06. The first-order valence-electron chi connectivity index (χ1n) is 5.84. The van der Waals surface area contributed by atoms with E-state index in [2.05, 4.69) is 23.7 Å². The normalized spacial score (nSPS) is 27.9. The lowest BCUT2D eigenvalue weighted by Gasteiger charge is -2.27. The molecule has 1 heterocycles. The second-order valence-electron chi connectivity index (χ2n) is 4.65. The second-order valence-corrected chi connectivity index (χ2v) is 4.65. The van der Waals surface area contributed by atoms with Gasteiger partial charge in [-0.2, -0.15) is 0 Å². The van der Waals surface area contributed by atoms with E-state index in [-0.39, 0.29) is 11.9 Å². The number of hydrogen-bond donors (Lipinski definition) is 1. The zero-order chi connectivity index (χ0) is 12.1. The molecule has 1 fully saturated rings. The van der Waals surface area contributed by atoms with E-state index in [1.54, 1.807) is 6.08 Å². The first-order valence-corrected chi connectivity index (χ1v) is 5.84. The molecule has 4 heteroatoms. The molecule has 1 amide bonds. The molecule has 0 aliphatic carbocycles. The van der Waals surface area contributed by atoms with Crippen molar-refractivity contribution in [1.82, 2.24) is 15.1 Å². The molecule has 0 aromatic heterocycles. The van der Waals surface area contributed by atoms with Crippen LogP contribution in [0.4, 0.5) is 0 Å². The Hall–Kier alpha value is -0.870. The summed E-state index contributed by atoms with van der Waals surface area (Å²) in [5, 5.41) is 3.09. The first-order chi connectivity index (χ1) is 7.60. The lowest BCUT2D eigenvalue weighted by atomic mass is 10.1. The first kappa shape index (κ1) is 13.2. The topological polar surface area (TPSA) is 35.6 Å². The zero-order valence-corrected chi connectivity index (χ0v) is 10.6. The molecule has 2 atom stereocenters. The van der Waals surface area contributed by atoms with E-state index in [4.69, 9.17) is 0 Å². The molecule has 0 radical (unpaired) electrons. The summed E-state index contributed by atoms with van der Waals surface area (Å²) in [6.07, 6.45) is 1.80. The van der Waals surface area contributed by atoms with Crippen molar-refractivity contribution >= 4 is 5.91 Å². The van der Waals surface area contributed by atoms with Crippen molar-refractivity contribution in [2.75, 3.05) is 40.3 Å². The number of rotatable bonds is 4. The van der Waals surface area contributed by atoms with Crippen molar-refractivity contribution < 1.29 is 4.79 Å². The van der Waals surface area contributed by atoms with Crippen molar-refractivity contribution in [3.63, 3.8) is 0 Å². The number of carbonyl (C=O) groups is 1. The Kier molecular flexibility index (Phi) is 4.96. The number of likely N-dealkylation sites (N-methyl/N-ethyl adjacent to an activating group) is 2. The van der Waals surface area contributed by atoms with E-state index in [0.29, 0.717) is 19.0 Å². The van der Waals surface area contributed by atoms with Gasteiger partial charge in [0.15, 0.2) is 0 Å². The summed E-state index contributed by atoms with van der Waals surface area (Å²) < 4.78 is 0. The van der Waals surface area contributed by atoms with Gasteiger partial charge in [0, 0.05) is 26.2 Å². The van der Waals surface area contributed by atoms with Gasteiger partial charge in [-0.15, -0.1) is 6.58 Å². The molecule has 16 heavy (non-hydrogen) atoms. The summed E-state index contributed by atoms with van der Waals surface area (Å²) >= 11 is 0. The molecule has 1 N–H and O–H groups in total. The average Bonchev–Trinajstić information content (AvgIpc) is 2.31. The van der Waals surface area contributed by atoms with E-state index >= 15 is 0 Å². The Morgan fingerprint density at radius 2 is 2.25 bits per heavy atom. The summed E-state index contributed by atoms with van der Waals surface area (Å²) in [5.74, 6) is 0.719. The van der Waals surface area contributed by atoms with E-state index in [0.717, 1.165) is 13.1 Å². The number of nitrogens with zero attached hydrogens (tertiary/aromatic N) is 2. The standard InChI is InChI=1S/C12H23N3O/c1-5-6-15-9-10(2)8-14(4)11(7-13-3)12(15)16/h5,10-11,13H,1,6-9H2,2-4H3. The van der Waals surface area contributed by atoms with Crippen LogP contribution in [0, 0.1) is 5.92 Å². The minimum Gasteiger partial charge on any atom is -0.337 e. The molecular formula is C12H23N3O. The highest BCUT2D eigenvalue weighted by molar-refractivity contribution is 5.82. The van der Waals surface area contributed by atoms with Gasteiger partial charge in [-0.3, -0.25) is 9.69 Å². The van der Waals surface area contributed by atoms with Crippen molar-refractivity contribution in [1.29, 1.82) is 0 Å².